The van der Waals surface area contributed by atoms with Crippen LogP contribution >= 0.6 is 0 Å². The van der Waals surface area contributed by atoms with Crippen molar-refractivity contribution in [3.05, 3.63) is 94.8 Å². The fourth-order valence-corrected chi connectivity index (χ4v) is 3.23. The number of amides is 3. The summed E-state index contributed by atoms with van der Waals surface area (Å²) in [4.78, 5) is 36.9. The molecule has 33 heavy (non-hydrogen) atoms. The maximum absolute atomic E-state index is 13.9. The van der Waals surface area contributed by atoms with Gasteiger partial charge in [0.2, 0.25) is 5.91 Å². The molecule has 3 aromatic rings. The molecule has 0 atom stereocenters. The lowest BCUT2D eigenvalue weighted by Gasteiger charge is -2.12. The third-order valence-electron chi connectivity index (χ3n) is 5.01. The first-order valence-electron chi connectivity index (χ1n) is 10.7. The SMILES string of the molecule is CCCC(=O)Nc1cccc(CNC(=O)c2ccc(C)c(NC(=O)c3ccccc3F)c2)c1. The molecule has 0 spiro atoms. The van der Waals surface area contributed by atoms with E-state index >= 15 is 0 Å². The molecule has 6 nitrogen and oxygen atoms in total. The molecule has 0 radical (unpaired) electrons. The highest BCUT2D eigenvalue weighted by Gasteiger charge is 2.14. The quantitative estimate of drug-likeness (QED) is 0.451. The van der Waals surface area contributed by atoms with E-state index in [1.807, 2.05) is 25.1 Å². The van der Waals surface area contributed by atoms with Crippen molar-refractivity contribution in [3.63, 3.8) is 0 Å². The topological polar surface area (TPSA) is 87.3 Å². The molecule has 0 saturated carbocycles. The number of hydrogen-bond donors (Lipinski definition) is 3. The Bertz CT molecular complexity index is 1180. The van der Waals surface area contributed by atoms with Crippen LogP contribution in [0, 0.1) is 12.7 Å². The Morgan fingerprint density at radius 2 is 1.67 bits per heavy atom. The van der Waals surface area contributed by atoms with E-state index in [0.717, 1.165) is 17.5 Å². The minimum Gasteiger partial charge on any atom is -0.348 e. The van der Waals surface area contributed by atoms with Crippen molar-refractivity contribution < 1.29 is 18.8 Å². The minimum absolute atomic E-state index is 0.0525. The lowest BCUT2D eigenvalue weighted by Crippen LogP contribution is -2.23. The van der Waals surface area contributed by atoms with Crippen molar-refractivity contribution in [2.75, 3.05) is 10.6 Å². The molecule has 0 unspecified atom stereocenters. The minimum atomic E-state index is -0.616. The highest BCUT2D eigenvalue weighted by Crippen LogP contribution is 2.19. The Labute approximate surface area is 192 Å². The summed E-state index contributed by atoms with van der Waals surface area (Å²) in [5.74, 6) is -1.58. The van der Waals surface area contributed by atoms with E-state index in [-0.39, 0.29) is 23.9 Å². The molecule has 0 aliphatic rings. The van der Waals surface area contributed by atoms with Crippen LogP contribution in [-0.2, 0) is 11.3 Å². The number of halogens is 1. The van der Waals surface area contributed by atoms with Gasteiger partial charge in [0.25, 0.3) is 11.8 Å². The summed E-state index contributed by atoms with van der Waals surface area (Å²) in [6, 6.07) is 17.9. The van der Waals surface area contributed by atoms with Crippen LogP contribution in [0.2, 0.25) is 0 Å². The largest absolute Gasteiger partial charge is 0.348 e. The molecule has 3 aromatic carbocycles. The number of carbonyl (C=O) groups is 3. The smallest absolute Gasteiger partial charge is 0.258 e. The predicted molar refractivity (Wildman–Crippen MR) is 127 cm³/mol. The van der Waals surface area contributed by atoms with Gasteiger partial charge >= 0.3 is 0 Å². The molecule has 170 valence electrons. The summed E-state index contributed by atoms with van der Waals surface area (Å²) in [5, 5.41) is 8.34. The third-order valence-corrected chi connectivity index (χ3v) is 5.01. The molecule has 3 rings (SSSR count). The molecule has 0 saturated heterocycles. The van der Waals surface area contributed by atoms with E-state index in [4.69, 9.17) is 0 Å². The predicted octanol–water partition coefficient (Wildman–Crippen LogP) is 5.06. The number of anilines is 2. The number of benzene rings is 3. The van der Waals surface area contributed by atoms with Crippen molar-refractivity contribution in [1.29, 1.82) is 0 Å². The van der Waals surface area contributed by atoms with Gasteiger partial charge in [-0.25, -0.2) is 4.39 Å². The second-order valence-electron chi connectivity index (χ2n) is 7.64. The second kappa shape index (κ2) is 11.0. The first-order valence-corrected chi connectivity index (χ1v) is 10.7. The zero-order valence-corrected chi connectivity index (χ0v) is 18.6. The maximum Gasteiger partial charge on any atom is 0.258 e. The van der Waals surface area contributed by atoms with Gasteiger partial charge in [0, 0.05) is 29.9 Å². The second-order valence-corrected chi connectivity index (χ2v) is 7.64. The molecule has 3 amide bonds. The lowest BCUT2D eigenvalue weighted by molar-refractivity contribution is -0.116. The summed E-state index contributed by atoms with van der Waals surface area (Å²) >= 11 is 0. The van der Waals surface area contributed by atoms with Crippen LogP contribution in [0.5, 0.6) is 0 Å². The molecule has 3 N–H and O–H groups in total. The van der Waals surface area contributed by atoms with Gasteiger partial charge in [0.05, 0.1) is 5.56 Å². The van der Waals surface area contributed by atoms with Gasteiger partial charge in [-0.3, -0.25) is 14.4 Å². The Morgan fingerprint density at radius 1 is 0.879 bits per heavy atom. The summed E-state index contributed by atoms with van der Waals surface area (Å²) in [6.07, 6.45) is 1.21. The van der Waals surface area contributed by atoms with E-state index in [1.165, 1.54) is 18.2 Å². The van der Waals surface area contributed by atoms with Crippen LogP contribution in [0.15, 0.2) is 66.7 Å². The highest BCUT2D eigenvalue weighted by atomic mass is 19.1. The van der Waals surface area contributed by atoms with Gasteiger partial charge in [-0.1, -0.05) is 37.3 Å². The van der Waals surface area contributed by atoms with Gasteiger partial charge in [-0.2, -0.15) is 0 Å². The molecule has 0 aromatic heterocycles. The summed E-state index contributed by atoms with van der Waals surface area (Å²) < 4.78 is 13.9. The van der Waals surface area contributed by atoms with Crippen LogP contribution < -0.4 is 16.0 Å². The van der Waals surface area contributed by atoms with Crippen molar-refractivity contribution in [2.45, 2.75) is 33.2 Å². The number of aryl methyl sites for hydroxylation is 1. The van der Waals surface area contributed by atoms with E-state index in [2.05, 4.69) is 16.0 Å². The fraction of sp³-hybridized carbons (Fsp3) is 0.192. The van der Waals surface area contributed by atoms with E-state index in [1.54, 1.807) is 37.3 Å². The van der Waals surface area contributed by atoms with Crippen molar-refractivity contribution >= 4 is 29.1 Å². The zero-order chi connectivity index (χ0) is 23.8. The van der Waals surface area contributed by atoms with E-state index in [0.29, 0.717) is 23.4 Å². The summed E-state index contributed by atoms with van der Waals surface area (Å²) in [6.45, 7) is 3.99. The maximum atomic E-state index is 13.9. The highest BCUT2D eigenvalue weighted by molar-refractivity contribution is 6.05. The number of hydrogen-bond acceptors (Lipinski definition) is 3. The van der Waals surface area contributed by atoms with Crippen molar-refractivity contribution in [2.24, 2.45) is 0 Å². The standard InChI is InChI=1S/C26H26FN3O3/c1-3-7-24(31)29-20-9-6-8-18(14-20)16-28-25(32)19-13-12-17(2)23(15-19)30-26(33)21-10-4-5-11-22(21)27/h4-6,8-15H,3,7,16H2,1-2H3,(H,28,32)(H,29,31)(H,30,33). The van der Waals surface area contributed by atoms with E-state index in [9.17, 15) is 18.8 Å². The Balaban J connectivity index is 1.66. The monoisotopic (exact) mass is 447 g/mol. The summed E-state index contributed by atoms with van der Waals surface area (Å²) in [7, 11) is 0. The van der Waals surface area contributed by atoms with Gasteiger partial charge < -0.3 is 16.0 Å². The molecule has 0 aliphatic heterocycles. The number of nitrogens with one attached hydrogen (secondary N) is 3. The van der Waals surface area contributed by atoms with Gasteiger partial charge in [-0.05, 0) is 60.9 Å². The zero-order valence-electron chi connectivity index (χ0n) is 18.6. The van der Waals surface area contributed by atoms with Crippen molar-refractivity contribution in [3.8, 4) is 0 Å². The number of rotatable bonds is 8. The fourth-order valence-electron chi connectivity index (χ4n) is 3.23. The van der Waals surface area contributed by atoms with Crippen LogP contribution in [0.3, 0.4) is 0 Å². The van der Waals surface area contributed by atoms with Crippen molar-refractivity contribution in [1.82, 2.24) is 5.32 Å². The average molecular weight is 448 g/mol. The Hall–Kier alpha value is -4.00. The van der Waals surface area contributed by atoms with Crippen LogP contribution in [-0.4, -0.2) is 17.7 Å². The molecule has 0 aliphatic carbocycles. The molecule has 0 fully saturated rings. The summed E-state index contributed by atoms with van der Waals surface area (Å²) in [5.41, 5.74) is 2.96. The first kappa shape index (κ1) is 23.7. The molecule has 0 bridgehead atoms. The van der Waals surface area contributed by atoms with Gasteiger partial charge in [0.15, 0.2) is 0 Å². The average Bonchev–Trinajstić information content (AvgIpc) is 2.79. The van der Waals surface area contributed by atoms with Crippen LogP contribution in [0.1, 0.15) is 51.6 Å². The first-order chi connectivity index (χ1) is 15.9. The van der Waals surface area contributed by atoms with E-state index < -0.39 is 11.7 Å². The Kier molecular flexibility index (Phi) is 7.91. The van der Waals surface area contributed by atoms with Crippen LogP contribution in [0.4, 0.5) is 15.8 Å². The number of carbonyl (C=O) groups excluding carboxylic acids is 3. The molecule has 7 heteroatoms. The molecular formula is C26H26FN3O3. The van der Waals surface area contributed by atoms with Crippen LogP contribution in [0.25, 0.3) is 0 Å². The third kappa shape index (κ3) is 6.49. The van der Waals surface area contributed by atoms with Gasteiger partial charge in [0.1, 0.15) is 5.82 Å². The Morgan fingerprint density at radius 3 is 2.42 bits per heavy atom. The molecule has 0 heterocycles. The lowest BCUT2D eigenvalue weighted by atomic mass is 10.1. The van der Waals surface area contributed by atoms with Gasteiger partial charge in [-0.15, -0.1) is 0 Å². The normalized spacial score (nSPS) is 10.4. The molecular weight excluding hydrogens is 421 g/mol.